The molecule has 234 valence electrons. The lowest BCUT2D eigenvalue weighted by Crippen LogP contribution is -2.17. The fraction of sp³-hybridized carbons (Fsp3) is 0.156. The average molecular weight is 622 g/mol. The van der Waals surface area contributed by atoms with Crippen LogP contribution in [0, 0.1) is 0 Å². The standard InChI is InChI=1S/C45H39N3/c1-5-30-17-10-11-20-34(30)35-28-27-33(29-31(35)6-2)48(41-26-16-24-39-42(41)36-21-12-14-23-38(36)45(39,3)4)44-46-40-25-15-13-22-37(40)43(47-44)32-18-8-7-9-19-32/h7-29H,5-6H2,1-4H3. The quantitative estimate of drug-likeness (QED) is 0.177. The van der Waals surface area contributed by atoms with Crippen LogP contribution in [0.15, 0.2) is 140 Å². The molecule has 0 unspecified atom stereocenters. The van der Waals surface area contributed by atoms with Crippen LogP contribution in [0.3, 0.4) is 0 Å². The molecule has 0 amide bonds. The molecule has 0 saturated carbocycles. The molecule has 7 aromatic rings. The summed E-state index contributed by atoms with van der Waals surface area (Å²) >= 11 is 0. The van der Waals surface area contributed by atoms with E-state index in [1.165, 1.54) is 44.5 Å². The largest absolute Gasteiger partial charge is 0.278 e. The third-order valence-electron chi connectivity index (χ3n) is 10.1. The second-order valence-electron chi connectivity index (χ2n) is 13.2. The Balaban J connectivity index is 1.42. The molecule has 1 aliphatic rings. The molecule has 3 nitrogen and oxygen atoms in total. The molecule has 3 heteroatoms. The molecule has 1 aliphatic carbocycles. The van der Waals surface area contributed by atoms with Crippen LogP contribution in [-0.4, -0.2) is 9.97 Å². The van der Waals surface area contributed by atoms with E-state index in [2.05, 4.69) is 172 Å². The molecule has 0 saturated heterocycles. The molecule has 6 aromatic carbocycles. The predicted octanol–water partition coefficient (Wildman–Crippen LogP) is 11.9. The zero-order valence-electron chi connectivity index (χ0n) is 28.0. The highest BCUT2D eigenvalue weighted by atomic mass is 15.3. The van der Waals surface area contributed by atoms with Gasteiger partial charge in [0, 0.05) is 27.6 Å². The van der Waals surface area contributed by atoms with Crippen LogP contribution in [-0.2, 0) is 18.3 Å². The number of rotatable bonds is 7. The summed E-state index contributed by atoms with van der Waals surface area (Å²) in [7, 11) is 0. The molecule has 48 heavy (non-hydrogen) atoms. The van der Waals surface area contributed by atoms with Crippen LogP contribution in [0.2, 0.25) is 0 Å². The molecule has 0 bridgehead atoms. The summed E-state index contributed by atoms with van der Waals surface area (Å²) < 4.78 is 0. The maximum Gasteiger partial charge on any atom is 0.235 e. The third-order valence-corrected chi connectivity index (χ3v) is 10.1. The van der Waals surface area contributed by atoms with E-state index in [1.807, 2.05) is 0 Å². The van der Waals surface area contributed by atoms with Gasteiger partial charge in [-0.1, -0.05) is 143 Å². The van der Waals surface area contributed by atoms with Crippen LogP contribution in [0.25, 0.3) is 44.4 Å². The second kappa shape index (κ2) is 11.9. The number of hydrogen-bond donors (Lipinski definition) is 0. The van der Waals surface area contributed by atoms with E-state index >= 15 is 0 Å². The zero-order valence-corrected chi connectivity index (χ0v) is 28.0. The minimum absolute atomic E-state index is 0.130. The molecular formula is C45H39N3. The number of aromatic nitrogens is 2. The Kier molecular flexibility index (Phi) is 7.41. The van der Waals surface area contributed by atoms with Crippen LogP contribution in [0.5, 0.6) is 0 Å². The summed E-state index contributed by atoms with van der Waals surface area (Å²) in [4.78, 5) is 13.0. The van der Waals surface area contributed by atoms with E-state index in [4.69, 9.17) is 9.97 Å². The molecule has 0 atom stereocenters. The van der Waals surface area contributed by atoms with E-state index in [9.17, 15) is 0 Å². The monoisotopic (exact) mass is 621 g/mol. The Morgan fingerprint density at radius 1 is 0.562 bits per heavy atom. The lowest BCUT2D eigenvalue weighted by Gasteiger charge is -2.28. The van der Waals surface area contributed by atoms with Gasteiger partial charge < -0.3 is 0 Å². The van der Waals surface area contributed by atoms with Gasteiger partial charge in [-0.15, -0.1) is 0 Å². The first-order chi connectivity index (χ1) is 23.5. The first kappa shape index (κ1) is 29.8. The Morgan fingerprint density at radius 2 is 1.23 bits per heavy atom. The summed E-state index contributed by atoms with van der Waals surface area (Å²) in [5.41, 5.74) is 15.4. The Morgan fingerprint density at radius 3 is 2.04 bits per heavy atom. The number of para-hydroxylation sites is 1. The molecule has 1 aromatic heterocycles. The lowest BCUT2D eigenvalue weighted by molar-refractivity contribution is 0.660. The smallest absolute Gasteiger partial charge is 0.235 e. The van der Waals surface area contributed by atoms with E-state index < -0.39 is 0 Å². The fourth-order valence-corrected chi connectivity index (χ4v) is 7.63. The maximum absolute atomic E-state index is 5.42. The van der Waals surface area contributed by atoms with Crippen LogP contribution < -0.4 is 4.90 Å². The summed E-state index contributed by atoms with van der Waals surface area (Å²) in [5.74, 6) is 0.659. The van der Waals surface area contributed by atoms with Gasteiger partial charge in [-0.25, -0.2) is 9.97 Å². The van der Waals surface area contributed by atoms with E-state index in [0.29, 0.717) is 5.95 Å². The number of aryl methyl sites for hydroxylation is 2. The highest BCUT2D eigenvalue weighted by molar-refractivity contribution is 5.97. The van der Waals surface area contributed by atoms with Crippen molar-refractivity contribution in [1.82, 2.24) is 9.97 Å². The molecule has 0 aliphatic heterocycles. The Labute approximate surface area is 283 Å². The van der Waals surface area contributed by atoms with Crippen LogP contribution >= 0.6 is 0 Å². The number of hydrogen-bond acceptors (Lipinski definition) is 3. The molecule has 8 rings (SSSR count). The number of anilines is 3. The fourth-order valence-electron chi connectivity index (χ4n) is 7.63. The van der Waals surface area contributed by atoms with Crippen molar-refractivity contribution in [2.24, 2.45) is 0 Å². The normalized spacial score (nSPS) is 12.9. The van der Waals surface area contributed by atoms with Gasteiger partial charge >= 0.3 is 0 Å². The van der Waals surface area contributed by atoms with Crippen molar-refractivity contribution in [1.29, 1.82) is 0 Å². The van der Waals surface area contributed by atoms with E-state index in [1.54, 1.807) is 0 Å². The maximum atomic E-state index is 5.42. The summed E-state index contributed by atoms with van der Waals surface area (Å²) in [6.07, 6.45) is 1.90. The SMILES string of the molecule is CCc1ccccc1-c1ccc(N(c2nc(-c3ccccc3)c3ccccc3n2)c2cccc3c2-c2ccccc2C3(C)C)cc1CC. The average Bonchev–Trinajstić information content (AvgIpc) is 3.38. The molecule has 0 N–H and O–H groups in total. The van der Waals surface area contributed by atoms with E-state index in [-0.39, 0.29) is 5.41 Å². The highest BCUT2D eigenvalue weighted by Gasteiger charge is 2.38. The third kappa shape index (κ3) is 4.81. The summed E-state index contributed by atoms with van der Waals surface area (Å²) in [6, 6.07) is 50.1. The van der Waals surface area contributed by atoms with Crippen LogP contribution in [0.4, 0.5) is 17.3 Å². The van der Waals surface area contributed by atoms with Crippen molar-refractivity contribution in [3.05, 3.63) is 162 Å². The molecule has 0 fully saturated rings. The first-order valence-corrected chi connectivity index (χ1v) is 17.1. The van der Waals surface area contributed by atoms with Crippen molar-refractivity contribution >= 4 is 28.2 Å². The van der Waals surface area contributed by atoms with Gasteiger partial charge in [-0.2, -0.15) is 0 Å². The van der Waals surface area contributed by atoms with E-state index in [0.717, 1.165) is 46.4 Å². The lowest BCUT2D eigenvalue weighted by atomic mass is 9.82. The predicted molar refractivity (Wildman–Crippen MR) is 201 cm³/mol. The number of nitrogens with zero attached hydrogens (tertiary/aromatic N) is 3. The summed E-state index contributed by atoms with van der Waals surface area (Å²) in [6.45, 7) is 9.15. The van der Waals surface area contributed by atoms with Gasteiger partial charge in [-0.05, 0) is 76.1 Å². The van der Waals surface area contributed by atoms with Gasteiger partial charge in [-0.3, -0.25) is 4.90 Å². The topological polar surface area (TPSA) is 29.0 Å². The van der Waals surface area contributed by atoms with Crippen molar-refractivity contribution in [2.75, 3.05) is 4.90 Å². The van der Waals surface area contributed by atoms with Gasteiger partial charge in [0.05, 0.1) is 16.9 Å². The first-order valence-electron chi connectivity index (χ1n) is 17.1. The summed E-state index contributed by atoms with van der Waals surface area (Å²) in [5, 5.41) is 1.04. The Hall–Kier alpha value is -5.54. The molecule has 0 spiro atoms. The highest BCUT2D eigenvalue weighted by Crippen LogP contribution is 2.54. The van der Waals surface area contributed by atoms with Crippen molar-refractivity contribution in [3.63, 3.8) is 0 Å². The van der Waals surface area contributed by atoms with Crippen molar-refractivity contribution < 1.29 is 0 Å². The van der Waals surface area contributed by atoms with Crippen molar-refractivity contribution in [3.8, 4) is 33.5 Å². The van der Waals surface area contributed by atoms with Gasteiger partial charge in [0.25, 0.3) is 0 Å². The second-order valence-corrected chi connectivity index (χ2v) is 13.2. The van der Waals surface area contributed by atoms with Crippen molar-refractivity contribution in [2.45, 2.75) is 46.0 Å². The zero-order chi connectivity index (χ0) is 32.8. The van der Waals surface area contributed by atoms with Gasteiger partial charge in [0.1, 0.15) is 0 Å². The van der Waals surface area contributed by atoms with Gasteiger partial charge in [0.2, 0.25) is 5.95 Å². The Bertz CT molecular complexity index is 2300. The molecular weight excluding hydrogens is 583 g/mol. The number of benzene rings is 6. The molecule has 0 radical (unpaired) electrons. The minimum atomic E-state index is -0.130. The molecule has 1 heterocycles. The minimum Gasteiger partial charge on any atom is -0.278 e. The number of fused-ring (bicyclic) bond motifs is 4. The van der Waals surface area contributed by atoms with Crippen LogP contribution in [0.1, 0.15) is 49.9 Å². The van der Waals surface area contributed by atoms with Gasteiger partial charge in [0.15, 0.2) is 0 Å².